The van der Waals surface area contributed by atoms with Crippen LogP contribution in [-0.4, -0.2) is 61.5 Å². The van der Waals surface area contributed by atoms with Crippen LogP contribution in [0.3, 0.4) is 0 Å². The van der Waals surface area contributed by atoms with Gasteiger partial charge in [0, 0.05) is 39.3 Å². The van der Waals surface area contributed by atoms with Crippen molar-refractivity contribution in [3.8, 4) is 0 Å². The van der Waals surface area contributed by atoms with E-state index in [4.69, 9.17) is 0 Å². The molecular formula is C13H25N3O. The van der Waals surface area contributed by atoms with Gasteiger partial charge in [0.2, 0.25) is 5.91 Å². The van der Waals surface area contributed by atoms with Crippen LogP contribution in [0.2, 0.25) is 0 Å². The number of nitrogens with one attached hydrogen (secondary N) is 1. The molecule has 0 radical (unpaired) electrons. The average molecular weight is 239 g/mol. The van der Waals surface area contributed by atoms with E-state index in [1.807, 2.05) is 0 Å². The lowest BCUT2D eigenvalue weighted by molar-refractivity contribution is -0.136. The molecule has 0 aromatic heterocycles. The minimum Gasteiger partial charge on any atom is -0.340 e. The molecule has 1 amide bonds. The summed E-state index contributed by atoms with van der Waals surface area (Å²) in [6, 6.07) is 0. The quantitative estimate of drug-likeness (QED) is 0.774. The Labute approximate surface area is 104 Å². The smallest absolute Gasteiger partial charge is 0.227 e. The maximum Gasteiger partial charge on any atom is 0.227 e. The van der Waals surface area contributed by atoms with Gasteiger partial charge in [-0.25, -0.2) is 0 Å². The van der Waals surface area contributed by atoms with Gasteiger partial charge < -0.3 is 10.2 Å². The van der Waals surface area contributed by atoms with Crippen LogP contribution in [0.25, 0.3) is 0 Å². The number of hydrogen-bond acceptors (Lipinski definition) is 3. The predicted molar refractivity (Wildman–Crippen MR) is 68.8 cm³/mol. The molecule has 0 aromatic carbocycles. The second-order valence-electron chi connectivity index (χ2n) is 5.71. The maximum absolute atomic E-state index is 12.2. The van der Waals surface area contributed by atoms with E-state index in [2.05, 4.69) is 29.0 Å². The van der Waals surface area contributed by atoms with Crippen molar-refractivity contribution in [3.63, 3.8) is 0 Å². The Morgan fingerprint density at radius 3 is 2.53 bits per heavy atom. The predicted octanol–water partition coefficient (Wildman–Crippen LogP) is 0.396. The Bertz CT molecular complexity index is 253. The second-order valence-corrected chi connectivity index (χ2v) is 5.71. The molecule has 0 aromatic rings. The molecule has 2 aliphatic rings. The summed E-state index contributed by atoms with van der Waals surface area (Å²) in [5.41, 5.74) is 0. The summed E-state index contributed by atoms with van der Waals surface area (Å²) < 4.78 is 0. The van der Waals surface area contributed by atoms with Gasteiger partial charge in [0.25, 0.3) is 0 Å². The van der Waals surface area contributed by atoms with E-state index in [0.717, 1.165) is 58.2 Å². The van der Waals surface area contributed by atoms with Crippen LogP contribution in [0.5, 0.6) is 0 Å². The van der Waals surface area contributed by atoms with E-state index in [9.17, 15) is 4.79 Å². The molecule has 2 aliphatic heterocycles. The fraction of sp³-hybridized carbons (Fsp3) is 0.923. The summed E-state index contributed by atoms with van der Waals surface area (Å²) in [5, 5.41) is 3.27. The average Bonchev–Trinajstić information content (AvgIpc) is 2.82. The van der Waals surface area contributed by atoms with Gasteiger partial charge in [-0.3, -0.25) is 9.69 Å². The van der Waals surface area contributed by atoms with E-state index in [-0.39, 0.29) is 5.92 Å². The molecule has 1 N–H and O–H groups in total. The minimum absolute atomic E-state index is 0.242. The topological polar surface area (TPSA) is 35.6 Å². The lowest BCUT2D eigenvalue weighted by Gasteiger charge is -2.36. The summed E-state index contributed by atoms with van der Waals surface area (Å²) in [7, 11) is 0. The van der Waals surface area contributed by atoms with Crippen molar-refractivity contribution in [2.45, 2.75) is 20.3 Å². The number of piperazine rings is 1. The SMILES string of the molecule is CC(C)CN1CCN(C(=O)[C@H]2CCNC2)CC1. The molecule has 4 nitrogen and oxygen atoms in total. The van der Waals surface area contributed by atoms with Gasteiger partial charge in [-0.05, 0) is 18.9 Å². The Hall–Kier alpha value is -0.610. The first-order valence-corrected chi connectivity index (χ1v) is 6.88. The van der Waals surface area contributed by atoms with Crippen LogP contribution >= 0.6 is 0 Å². The third kappa shape index (κ3) is 3.42. The maximum atomic E-state index is 12.2. The van der Waals surface area contributed by atoms with Crippen molar-refractivity contribution in [1.29, 1.82) is 0 Å². The van der Waals surface area contributed by atoms with E-state index in [1.54, 1.807) is 0 Å². The van der Waals surface area contributed by atoms with Crippen molar-refractivity contribution in [1.82, 2.24) is 15.1 Å². The lowest BCUT2D eigenvalue weighted by Crippen LogP contribution is -2.51. The zero-order valence-corrected chi connectivity index (χ0v) is 11.1. The molecule has 1 atom stereocenters. The van der Waals surface area contributed by atoms with E-state index in [0.29, 0.717) is 5.91 Å². The van der Waals surface area contributed by atoms with Gasteiger partial charge in [-0.15, -0.1) is 0 Å². The van der Waals surface area contributed by atoms with E-state index >= 15 is 0 Å². The van der Waals surface area contributed by atoms with Gasteiger partial charge in [-0.1, -0.05) is 13.8 Å². The fourth-order valence-corrected chi connectivity index (χ4v) is 2.79. The lowest BCUT2D eigenvalue weighted by atomic mass is 10.1. The normalized spacial score (nSPS) is 26.8. The molecule has 0 spiro atoms. The highest BCUT2D eigenvalue weighted by Gasteiger charge is 2.29. The highest BCUT2D eigenvalue weighted by atomic mass is 16.2. The molecule has 2 rings (SSSR count). The number of nitrogens with zero attached hydrogens (tertiary/aromatic N) is 2. The molecule has 2 fully saturated rings. The van der Waals surface area contributed by atoms with Gasteiger partial charge >= 0.3 is 0 Å². The summed E-state index contributed by atoms with van der Waals surface area (Å²) in [6.07, 6.45) is 1.02. The summed E-state index contributed by atoms with van der Waals surface area (Å²) >= 11 is 0. The van der Waals surface area contributed by atoms with E-state index in [1.165, 1.54) is 0 Å². The van der Waals surface area contributed by atoms with Crippen LogP contribution in [-0.2, 0) is 4.79 Å². The summed E-state index contributed by atoms with van der Waals surface area (Å²) in [5.74, 6) is 1.34. The molecule has 2 saturated heterocycles. The number of amides is 1. The van der Waals surface area contributed by atoms with Crippen molar-refractivity contribution in [2.24, 2.45) is 11.8 Å². The first kappa shape index (κ1) is 12.8. The third-order valence-corrected chi connectivity index (χ3v) is 3.72. The van der Waals surface area contributed by atoms with Crippen LogP contribution in [0.4, 0.5) is 0 Å². The zero-order chi connectivity index (χ0) is 12.3. The van der Waals surface area contributed by atoms with Gasteiger partial charge in [0.15, 0.2) is 0 Å². The van der Waals surface area contributed by atoms with Gasteiger partial charge in [0.1, 0.15) is 0 Å². The van der Waals surface area contributed by atoms with Crippen molar-refractivity contribution < 1.29 is 4.79 Å². The molecule has 0 aliphatic carbocycles. The molecule has 98 valence electrons. The Balaban J connectivity index is 1.76. The van der Waals surface area contributed by atoms with Crippen LogP contribution in [0.15, 0.2) is 0 Å². The van der Waals surface area contributed by atoms with Crippen molar-refractivity contribution in [2.75, 3.05) is 45.8 Å². The van der Waals surface area contributed by atoms with Gasteiger partial charge in [0.05, 0.1) is 5.92 Å². The zero-order valence-electron chi connectivity index (χ0n) is 11.1. The first-order chi connectivity index (χ1) is 8.16. The van der Waals surface area contributed by atoms with Crippen molar-refractivity contribution in [3.05, 3.63) is 0 Å². The molecule has 0 saturated carbocycles. The number of rotatable bonds is 3. The monoisotopic (exact) mass is 239 g/mol. The van der Waals surface area contributed by atoms with E-state index < -0.39 is 0 Å². The fourth-order valence-electron chi connectivity index (χ4n) is 2.79. The number of carbonyl (C=O) groups is 1. The molecule has 17 heavy (non-hydrogen) atoms. The number of carbonyl (C=O) groups excluding carboxylic acids is 1. The Morgan fingerprint density at radius 1 is 1.29 bits per heavy atom. The van der Waals surface area contributed by atoms with Crippen LogP contribution in [0.1, 0.15) is 20.3 Å². The third-order valence-electron chi connectivity index (χ3n) is 3.72. The molecule has 4 heteroatoms. The minimum atomic E-state index is 0.242. The second kappa shape index (κ2) is 5.83. The highest BCUT2D eigenvalue weighted by Crippen LogP contribution is 2.14. The summed E-state index contributed by atoms with van der Waals surface area (Å²) in [6.45, 7) is 11.5. The van der Waals surface area contributed by atoms with Crippen LogP contribution < -0.4 is 5.32 Å². The van der Waals surface area contributed by atoms with Gasteiger partial charge in [-0.2, -0.15) is 0 Å². The standard InChI is InChI=1S/C13H25N3O/c1-11(2)10-15-5-7-16(8-6-15)13(17)12-3-4-14-9-12/h11-12,14H,3-10H2,1-2H3/t12-/m0/s1. The summed E-state index contributed by atoms with van der Waals surface area (Å²) in [4.78, 5) is 16.7. The Morgan fingerprint density at radius 2 is 2.00 bits per heavy atom. The highest BCUT2D eigenvalue weighted by molar-refractivity contribution is 5.79. The number of hydrogen-bond donors (Lipinski definition) is 1. The largest absolute Gasteiger partial charge is 0.340 e. The Kier molecular flexibility index (Phi) is 4.40. The van der Waals surface area contributed by atoms with Crippen molar-refractivity contribution >= 4 is 5.91 Å². The molecular weight excluding hydrogens is 214 g/mol. The first-order valence-electron chi connectivity index (χ1n) is 6.88. The molecule has 0 bridgehead atoms. The molecule has 0 unspecified atom stereocenters. The molecule has 2 heterocycles. The van der Waals surface area contributed by atoms with Crippen LogP contribution in [0, 0.1) is 11.8 Å².